The Morgan fingerprint density at radius 1 is 1.46 bits per heavy atom. The van der Waals surface area contributed by atoms with Crippen molar-refractivity contribution >= 4 is 0 Å². The van der Waals surface area contributed by atoms with Gasteiger partial charge in [0.05, 0.1) is 0 Å². The first-order valence-corrected chi connectivity index (χ1v) is 5.38. The van der Waals surface area contributed by atoms with Gasteiger partial charge >= 0.3 is 0 Å². The van der Waals surface area contributed by atoms with E-state index in [0.29, 0.717) is 5.41 Å². The van der Waals surface area contributed by atoms with Crippen molar-refractivity contribution in [1.29, 1.82) is 0 Å². The van der Waals surface area contributed by atoms with Gasteiger partial charge in [0.2, 0.25) is 0 Å². The summed E-state index contributed by atoms with van der Waals surface area (Å²) in [7, 11) is 0. The molecular weight excluding hydrogens is 158 g/mol. The Balaban J connectivity index is 2.43. The molecule has 0 saturated carbocycles. The van der Waals surface area contributed by atoms with Crippen molar-refractivity contribution in [2.45, 2.75) is 46.1 Å². The fourth-order valence-corrected chi connectivity index (χ4v) is 2.24. The number of likely N-dealkylation sites (tertiary alicyclic amines) is 1. The summed E-state index contributed by atoms with van der Waals surface area (Å²) in [6.45, 7) is 13.1. The molecule has 0 aromatic rings. The molecule has 13 heavy (non-hydrogen) atoms. The van der Waals surface area contributed by atoms with Gasteiger partial charge < -0.3 is 0 Å². The fraction of sp³-hybridized carbons (Fsp3) is 0.833. The molecule has 0 radical (unpaired) electrons. The summed E-state index contributed by atoms with van der Waals surface area (Å²) >= 11 is 0. The molecule has 0 aliphatic carbocycles. The molecule has 1 saturated heterocycles. The van der Waals surface area contributed by atoms with E-state index in [0.717, 1.165) is 12.6 Å². The molecule has 1 unspecified atom stereocenters. The lowest BCUT2D eigenvalue weighted by molar-refractivity contribution is 0.207. The van der Waals surface area contributed by atoms with Gasteiger partial charge in [0.25, 0.3) is 0 Å². The van der Waals surface area contributed by atoms with Crippen LogP contribution in [0.1, 0.15) is 40.0 Å². The minimum Gasteiger partial charge on any atom is -0.297 e. The van der Waals surface area contributed by atoms with E-state index in [2.05, 4.69) is 32.3 Å². The molecule has 1 nitrogen and oxygen atoms in total. The molecule has 0 N–H and O–H groups in total. The largest absolute Gasteiger partial charge is 0.297 e. The fourth-order valence-electron chi connectivity index (χ4n) is 2.24. The minimum atomic E-state index is 0.467. The summed E-state index contributed by atoms with van der Waals surface area (Å²) in [6, 6.07) is 0.804. The van der Waals surface area contributed by atoms with E-state index in [4.69, 9.17) is 0 Å². The summed E-state index contributed by atoms with van der Waals surface area (Å²) in [5.74, 6) is 0. The van der Waals surface area contributed by atoms with E-state index in [-0.39, 0.29) is 0 Å². The van der Waals surface area contributed by atoms with Gasteiger partial charge in [-0.1, -0.05) is 26.8 Å². The van der Waals surface area contributed by atoms with E-state index in [1.807, 2.05) is 6.08 Å². The summed E-state index contributed by atoms with van der Waals surface area (Å²) < 4.78 is 0. The van der Waals surface area contributed by atoms with Gasteiger partial charge in [-0.2, -0.15) is 0 Å². The van der Waals surface area contributed by atoms with Crippen LogP contribution in [-0.4, -0.2) is 24.0 Å². The van der Waals surface area contributed by atoms with Crippen LogP contribution in [-0.2, 0) is 0 Å². The highest BCUT2D eigenvalue weighted by Gasteiger charge is 2.27. The molecule has 1 heterocycles. The lowest BCUT2D eigenvalue weighted by Gasteiger charge is -2.29. The number of rotatable bonds is 3. The highest BCUT2D eigenvalue weighted by atomic mass is 15.2. The lowest BCUT2D eigenvalue weighted by atomic mass is 9.87. The van der Waals surface area contributed by atoms with Crippen LogP contribution < -0.4 is 0 Å². The second-order valence-electron chi connectivity index (χ2n) is 5.34. The van der Waals surface area contributed by atoms with Gasteiger partial charge in [0.15, 0.2) is 0 Å². The third-order valence-electron chi connectivity index (χ3n) is 2.71. The van der Waals surface area contributed by atoms with E-state index in [9.17, 15) is 0 Å². The summed E-state index contributed by atoms with van der Waals surface area (Å²) in [5.41, 5.74) is 0.467. The highest BCUT2D eigenvalue weighted by Crippen LogP contribution is 2.29. The summed E-state index contributed by atoms with van der Waals surface area (Å²) in [4.78, 5) is 2.57. The summed E-state index contributed by atoms with van der Waals surface area (Å²) in [5, 5.41) is 0. The zero-order chi connectivity index (χ0) is 9.90. The quantitative estimate of drug-likeness (QED) is 0.605. The molecule has 0 amide bonds. The molecule has 1 atom stereocenters. The van der Waals surface area contributed by atoms with Crippen LogP contribution in [0.5, 0.6) is 0 Å². The summed E-state index contributed by atoms with van der Waals surface area (Å²) in [6.07, 6.45) is 6.10. The molecular formula is C12H23N. The molecule has 1 rings (SSSR count). The second-order valence-corrected chi connectivity index (χ2v) is 5.34. The van der Waals surface area contributed by atoms with Crippen LogP contribution in [0.3, 0.4) is 0 Å². The first-order valence-electron chi connectivity index (χ1n) is 5.38. The van der Waals surface area contributed by atoms with Crippen molar-refractivity contribution < 1.29 is 0 Å². The Hall–Kier alpha value is -0.300. The van der Waals surface area contributed by atoms with Gasteiger partial charge in [0, 0.05) is 12.6 Å². The van der Waals surface area contributed by atoms with Gasteiger partial charge in [-0.25, -0.2) is 0 Å². The highest BCUT2D eigenvalue weighted by molar-refractivity contribution is 4.86. The zero-order valence-corrected chi connectivity index (χ0v) is 9.34. The number of hydrogen-bond acceptors (Lipinski definition) is 1. The first kappa shape index (κ1) is 10.8. The number of nitrogens with zero attached hydrogens (tertiary/aromatic N) is 1. The normalized spacial score (nSPS) is 25.0. The molecule has 76 valence electrons. The molecule has 1 aliphatic heterocycles. The predicted molar refractivity (Wildman–Crippen MR) is 58.9 cm³/mol. The molecule has 1 fully saturated rings. The SMILES string of the molecule is C=CCN1CCCC1CC(C)(C)C. The monoisotopic (exact) mass is 181 g/mol. The average Bonchev–Trinajstić information content (AvgIpc) is 2.34. The first-order chi connectivity index (χ1) is 6.03. The van der Waals surface area contributed by atoms with Crippen molar-refractivity contribution in [3.63, 3.8) is 0 Å². The molecule has 0 aromatic carbocycles. The molecule has 1 aliphatic rings. The Bertz CT molecular complexity index is 166. The molecule has 0 aromatic heterocycles. The predicted octanol–water partition coefficient (Wildman–Crippen LogP) is 3.07. The zero-order valence-electron chi connectivity index (χ0n) is 9.34. The second kappa shape index (κ2) is 4.28. The van der Waals surface area contributed by atoms with Gasteiger partial charge in [0.1, 0.15) is 0 Å². The van der Waals surface area contributed by atoms with Gasteiger partial charge in [-0.15, -0.1) is 6.58 Å². The van der Waals surface area contributed by atoms with Crippen molar-refractivity contribution in [3.05, 3.63) is 12.7 Å². The van der Waals surface area contributed by atoms with Crippen molar-refractivity contribution in [3.8, 4) is 0 Å². The number of hydrogen-bond donors (Lipinski definition) is 0. The topological polar surface area (TPSA) is 3.24 Å². The van der Waals surface area contributed by atoms with Crippen LogP contribution in [0.15, 0.2) is 12.7 Å². The Morgan fingerprint density at radius 3 is 2.69 bits per heavy atom. The minimum absolute atomic E-state index is 0.467. The maximum atomic E-state index is 3.81. The van der Waals surface area contributed by atoms with Crippen LogP contribution in [0.25, 0.3) is 0 Å². The Morgan fingerprint density at radius 2 is 2.15 bits per heavy atom. The molecule has 1 heteroatoms. The van der Waals surface area contributed by atoms with Crippen molar-refractivity contribution in [2.75, 3.05) is 13.1 Å². The Kier molecular flexibility index (Phi) is 3.55. The average molecular weight is 181 g/mol. The van der Waals surface area contributed by atoms with Gasteiger partial charge in [-0.05, 0) is 31.2 Å². The molecule has 0 spiro atoms. The van der Waals surface area contributed by atoms with E-state index in [1.54, 1.807) is 0 Å². The maximum absolute atomic E-state index is 3.81. The van der Waals surface area contributed by atoms with Crippen LogP contribution in [0.4, 0.5) is 0 Å². The van der Waals surface area contributed by atoms with Crippen molar-refractivity contribution in [1.82, 2.24) is 4.90 Å². The third-order valence-corrected chi connectivity index (χ3v) is 2.71. The molecule has 0 bridgehead atoms. The maximum Gasteiger partial charge on any atom is 0.0163 e. The van der Waals surface area contributed by atoms with E-state index < -0.39 is 0 Å². The lowest BCUT2D eigenvalue weighted by Crippen LogP contribution is -2.32. The van der Waals surface area contributed by atoms with Crippen LogP contribution in [0.2, 0.25) is 0 Å². The third kappa shape index (κ3) is 3.51. The van der Waals surface area contributed by atoms with Gasteiger partial charge in [-0.3, -0.25) is 4.90 Å². The van der Waals surface area contributed by atoms with Crippen LogP contribution in [0, 0.1) is 5.41 Å². The smallest absolute Gasteiger partial charge is 0.0163 e. The van der Waals surface area contributed by atoms with Crippen molar-refractivity contribution in [2.24, 2.45) is 5.41 Å². The standard InChI is InChI=1S/C12H23N/c1-5-8-13-9-6-7-11(13)10-12(2,3)4/h5,11H,1,6-10H2,2-4H3. The Labute approximate surface area is 82.8 Å². The van der Waals surface area contributed by atoms with Crippen LogP contribution >= 0.6 is 0 Å². The van der Waals surface area contributed by atoms with E-state index in [1.165, 1.54) is 25.8 Å². The van der Waals surface area contributed by atoms with E-state index >= 15 is 0 Å².